The number of hydrogen-bond donors (Lipinski definition) is 2. The summed E-state index contributed by atoms with van der Waals surface area (Å²) in [5.41, 5.74) is 0.785. The van der Waals surface area contributed by atoms with E-state index in [4.69, 9.17) is 21.1 Å². The summed E-state index contributed by atoms with van der Waals surface area (Å²) >= 11 is 5.81. The van der Waals surface area contributed by atoms with Crippen molar-refractivity contribution in [1.29, 1.82) is 0 Å². The molecule has 0 aliphatic carbocycles. The first-order chi connectivity index (χ1) is 14.8. The number of anilines is 2. The summed E-state index contributed by atoms with van der Waals surface area (Å²) in [5.74, 6) is 0.809. The number of methoxy groups -OCH3 is 1. The van der Waals surface area contributed by atoms with E-state index in [1.54, 1.807) is 25.1 Å². The number of hydrogen-bond acceptors (Lipinski definition) is 7. The molecule has 0 radical (unpaired) electrons. The highest BCUT2D eigenvalue weighted by molar-refractivity contribution is 7.89. The van der Waals surface area contributed by atoms with Gasteiger partial charge in [0.25, 0.3) is 0 Å². The lowest BCUT2D eigenvalue weighted by Crippen LogP contribution is -2.27. The van der Waals surface area contributed by atoms with Gasteiger partial charge in [-0.25, -0.2) is 27.5 Å². The van der Waals surface area contributed by atoms with Crippen LogP contribution in [0.4, 0.5) is 15.9 Å². The Morgan fingerprint density at radius 2 is 1.94 bits per heavy atom. The molecule has 0 amide bonds. The van der Waals surface area contributed by atoms with Gasteiger partial charge < -0.3 is 14.8 Å². The van der Waals surface area contributed by atoms with Gasteiger partial charge in [-0.15, -0.1) is 12.4 Å². The van der Waals surface area contributed by atoms with Gasteiger partial charge in [-0.05, 0) is 37.6 Å². The van der Waals surface area contributed by atoms with E-state index in [-0.39, 0.29) is 37.0 Å². The van der Waals surface area contributed by atoms with Gasteiger partial charge in [0, 0.05) is 23.0 Å². The molecule has 32 heavy (non-hydrogen) atoms. The summed E-state index contributed by atoms with van der Waals surface area (Å²) < 4.78 is 50.7. The highest BCUT2D eigenvalue weighted by Crippen LogP contribution is 2.35. The van der Waals surface area contributed by atoms with Gasteiger partial charge in [0.1, 0.15) is 18.0 Å². The van der Waals surface area contributed by atoms with Gasteiger partial charge in [0.05, 0.1) is 30.7 Å². The highest BCUT2D eigenvalue weighted by Gasteiger charge is 2.13. The smallest absolute Gasteiger partial charge is 0.211 e. The molecule has 0 unspecified atom stereocenters. The van der Waals surface area contributed by atoms with Crippen LogP contribution in [0, 0.1) is 5.82 Å². The van der Waals surface area contributed by atoms with Gasteiger partial charge in [-0.3, -0.25) is 0 Å². The lowest BCUT2D eigenvalue weighted by molar-refractivity contribution is 0.290. The first kappa shape index (κ1) is 25.9. The largest absolute Gasteiger partial charge is 0.493 e. The molecule has 2 aromatic carbocycles. The fourth-order valence-electron chi connectivity index (χ4n) is 2.74. The van der Waals surface area contributed by atoms with E-state index in [2.05, 4.69) is 20.0 Å². The van der Waals surface area contributed by atoms with E-state index in [1.165, 1.54) is 25.6 Å². The zero-order valence-electron chi connectivity index (χ0n) is 17.4. The Balaban J connectivity index is 0.00000363. The maximum Gasteiger partial charge on any atom is 0.211 e. The Kier molecular flexibility index (Phi) is 9.26. The van der Waals surface area contributed by atoms with Gasteiger partial charge in [-0.1, -0.05) is 11.6 Å². The quantitative estimate of drug-likeness (QED) is 0.396. The lowest BCUT2D eigenvalue weighted by atomic mass is 10.2. The number of benzene rings is 2. The molecule has 1 aromatic heterocycles. The third-order valence-electron chi connectivity index (χ3n) is 4.39. The molecule has 1 heterocycles. The number of halogens is 3. The maximum absolute atomic E-state index is 14.2. The molecule has 8 nitrogen and oxygen atoms in total. The van der Waals surface area contributed by atoms with Crippen molar-refractivity contribution in [1.82, 2.24) is 14.7 Å². The lowest BCUT2D eigenvalue weighted by Gasteiger charge is -2.14. The van der Waals surface area contributed by atoms with Crippen molar-refractivity contribution < 1.29 is 22.3 Å². The average molecular weight is 505 g/mol. The Bertz CT molecular complexity index is 1180. The second-order valence-corrected chi connectivity index (χ2v) is 9.02. The summed E-state index contributed by atoms with van der Waals surface area (Å²) in [5, 5.41) is 3.85. The van der Waals surface area contributed by atoms with Crippen LogP contribution in [-0.4, -0.2) is 44.4 Å². The number of fused-ring (bicyclic) bond motifs is 1. The molecule has 3 aromatic rings. The Labute approximate surface area is 197 Å². The second kappa shape index (κ2) is 11.5. The number of ether oxygens (including phenoxy) is 2. The summed E-state index contributed by atoms with van der Waals surface area (Å²) in [7, 11) is -1.73. The molecule has 0 saturated heterocycles. The van der Waals surface area contributed by atoms with Gasteiger partial charge in [-0.2, -0.15) is 0 Å². The summed E-state index contributed by atoms with van der Waals surface area (Å²) in [4.78, 5) is 8.46. The fraction of sp³-hybridized carbons (Fsp3) is 0.300. The van der Waals surface area contributed by atoms with Crippen molar-refractivity contribution in [2.24, 2.45) is 0 Å². The van der Waals surface area contributed by atoms with E-state index in [9.17, 15) is 12.8 Å². The highest BCUT2D eigenvalue weighted by atomic mass is 35.5. The molecule has 0 spiro atoms. The van der Waals surface area contributed by atoms with E-state index in [0.29, 0.717) is 39.7 Å². The summed E-state index contributed by atoms with van der Waals surface area (Å²) in [6.45, 7) is 2.13. The molecular formula is C20H23Cl2FN4O4S. The third kappa shape index (κ3) is 6.55. The number of aromatic nitrogens is 2. The topological polar surface area (TPSA) is 102 Å². The van der Waals surface area contributed by atoms with E-state index < -0.39 is 15.8 Å². The van der Waals surface area contributed by atoms with Crippen LogP contribution in [0.5, 0.6) is 11.5 Å². The molecular weight excluding hydrogens is 482 g/mol. The maximum atomic E-state index is 14.2. The van der Waals surface area contributed by atoms with Gasteiger partial charge in [0.15, 0.2) is 11.5 Å². The van der Waals surface area contributed by atoms with Gasteiger partial charge in [0.2, 0.25) is 10.0 Å². The van der Waals surface area contributed by atoms with Crippen LogP contribution >= 0.6 is 24.0 Å². The minimum atomic E-state index is -3.23. The van der Waals surface area contributed by atoms with Crippen LogP contribution in [0.3, 0.4) is 0 Å². The predicted molar refractivity (Wildman–Crippen MR) is 126 cm³/mol. The monoisotopic (exact) mass is 504 g/mol. The molecule has 0 aliphatic rings. The molecule has 0 bridgehead atoms. The van der Waals surface area contributed by atoms with Crippen LogP contribution < -0.4 is 19.5 Å². The van der Waals surface area contributed by atoms with Crippen molar-refractivity contribution in [3.63, 3.8) is 0 Å². The van der Waals surface area contributed by atoms with Crippen molar-refractivity contribution >= 4 is 56.4 Å². The molecule has 12 heteroatoms. The number of sulfonamides is 1. The molecule has 2 N–H and O–H groups in total. The van der Waals surface area contributed by atoms with Crippen LogP contribution in [0.1, 0.15) is 13.3 Å². The van der Waals surface area contributed by atoms with Crippen LogP contribution in [0.25, 0.3) is 10.9 Å². The van der Waals surface area contributed by atoms with Crippen LogP contribution in [0.15, 0.2) is 36.7 Å². The van der Waals surface area contributed by atoms with E-state index >= 15 is 0 Å². The molecule has 0 aliphatic heterocycles. The Morgan fingerprint density at radius 3 is 2.62 bits per heavy atom. The summed E-state index contributed by atoms with van der Waals surface area (Å²) in [6.07, 6.45) is 1.83. The molecule has 174 valence electrons. The summed E-state index contributed by atoms with van der Waals surface area (Å²) in [6, 6.07) is 7.69. The third-order valence-corrected chi connectivity index (χ3v) is 6.02. The molecule has 0 fully saturated rings. The van der Waals surface area contributed by atoms with E-state index in [1.807, 2.05) is 0 Å². The van der Waals surface area contributed by atoms with Crippen molar-refractivity contribution in [2.75, 3.05) is 31.3 Å². The van der Waals surface area contributed by atoms with Crippen molar-refractivity contribution in [3.8, 4) is 11.5 Å². The first-order valence-corrected chi connectivity index (χ1v) is 11.5. The Hall–Kier alpha value is -2.40. The fourth-order valence-corrected chi connectivity index (χ4v) is 3.56. The molecule has 0 saturated carbocycles. The minimum absolute atomic E-state index is 0. The van der Waals surface area contributed by atoms with Crippen LogP contribution in [-0.2, 0) is 10.0 Å². The standard InChI is InChI=1S/C20H22ClFN4O4S.ClH/c1-3-31(27,28)25-7-4-8-30-19-11-17-14(10-18(19)29-2)20(24-12-23-17)26-16-6-5-13(21)9-15(16)22;/h5-6,9-12,25H,3-4,7-8H2,1-2H3,(H,23,24,26);1H. The number of nitrogens with zero attached hydrogens (tertiary/aromatic N) is 2. The molecule has 3 rings (SSSR count). The number of nitrogens with one attached hydrogen (secondary N) is 2. The minimum Gasteiger partial charge on any atom is -0.493 e. The zero-order valence-corrected chi connectivity index (χ0v) is 19.8. The van der Waals surface area contributed by atoms with Crippen molar-refractivity contribution in [3.05, 3.63) is 47.5 Å². The first-order valence-electron chi connectivity index (χ1n) is 9.48. The van der Waals surface area contributed by atoms with Gasteiger partial charge >= 0.3 is 0 Å². The SMILES string of the molecule is CCS(=O)(=O)NCCCOc1cc2ncnc(Nc3ccc(Cl)cc3F)c2cc1OC.Cl. The number of rotatable bonds is 10. The predicted octanol–water partition coefficient (Wildman–Crippen LogP) is 4.30. The van der Waals surface area contributed by atoms with Crippen LogP contribution in [0.2, 0.25) is 5.02 Å². The second-order valence-electron chi connectivity index (χ2n) is 6.49. The normalized spacial score (nSPS) is 11.1. The van der Waals surface area contributed by atoms with E-state index in [0.717, 1.165) is 0 Å². The zero-order chi connectivity index (χ0) is 22.4. The van der Waals surface area contributed by atoms with Crippen molar-refractivity contribution in [2.45, 2.75) is 13.3 Å². The average Bonchev–Trinajstić information content (AvgIpc) is 2.75. The Morgan fingerprint density at radius 1 is 1.16 bits per heavy atom. The molecule has 0 atom stereocenters.